The number of hydrogen-bond donors (Lipinski definition) is 0. The van der Waals surface area contributed by atoms with Crippen LogP contribution in [0.4, 0.5) is 87.8 Å². The van der Waals surface area contributed by atoms with Gasteiger partial charge in [0.15, 0.2) is 93.1 Å². The second-order valence-corrected chi connectivity index (χ2v) is 15.3. The van der Waals surface area contributed by atoms with E-state index >= 15 is 0 Å². The molecule has 0 aliphatic rings. The largest absolute Gasteiger partial charge is 0.203 e. The number of hydrogen-bond acceptors (Lipinski definition) is 0. The zero-order valence-corrected chi connectivity index (χ0v) is 33.6. The first kappa shape index (κ1) is 47.2. The summed E-state index contributed by atoms with van der Waals surface area (Å²) in [6.45, 7) is 0. The number of fused-ring (bicyclic) bond motifs is 8. The molecule has 0 aromatic heterocycles. The summed E-state index contributed by atoms with van der Waals surface area (Å²) in [5.74, 6) is -46.4. The predicted molar refractivity (Wildman–Crippen MR) is 219 cm³/mol. The van der Waals surface area contributed by atoms with Gasteiger partial charge in [-0.05, 0) is 126 Å². The van der Waals surface area contributed by atoms with Crippen LogP contribution >= 0.6 is 0 Å². The molecule has 0 saturated carbocycles. The first-order chi connectivity index (χ1) is 33.0. The fraction of sp³-hybridized carbons (Fsp3) is 0. The highest BCUT2D eigenvalue weighted by Crippen LogP contribution is 2.46. The molecule has 0 atom stereocenters. The lowest BCUT2D eigenvalue weighted by atomic mass is 9.83. The molecule has 0 N–H and O–H groups in total. The zero-order chi connectivity index (χ0) is 50.7. The zero-order valence-electron chi connectivity index (χ0n) is 33.6. The molecule has 0 fully saturated rings. The first-order valence-electron chi connectivity index (χ1n) is 19.4. The van der Waals surface area contributed by atoms with Crippen LogP contribution in [0.3, 0.4) is 0 Å². The molecule has 354 valence electrons. The van der Waals surface area contributed by atoms with Gasteiger partial charge in [-0.2, -0.15) is 0 Å². The summed E-state index contributed by atoms with van der Waals surface area (Å²) in [5.41, 5.74) is -6.50. The maximum atomic E-state index is 14.7. The summed E-state index contributed by atoms with van der Waals surface area (Å²) >= 11 is 0. The standard InChI is InChI=1S/C50H14F20/c51-31-19(32(52)40(60)47(67)39(31)59)5-1-15-9-23-24(10-16(15)2-6-20-33(53)41(61)48(68)42(62)34(20)54)28-14-30-26-12-18(4-8-22-37(57)45(65)50(70)46(66)38(22)58)17(11-25(26)29(30)13-27(23)28)3-7-21-35(55)43(63)49(69)44(64)36(21)56/h1-14H/b5-1+,6-2+,7-3+,8-4+. The molecule has 0 nitrogen and oxygen atoms in total. The average Bonchev–Trinajstić information content (AvgIpc) is 3.34. The van der Waals surface area contributed by atoms with Gasteiger partial charge in [-0.25, -0.2) is 87.8 Å². The van der Waals surface area contributed by atoms with E-state index in [1.807, 2.05) is 0 Å². The third kappa shape index (κ3) is 7.09. The fourth-order valence-electron chi connectivity index (χ4n) is 7.87. The molecule has 0 aliphatic carbocycles. The fourth-order valence-corrected chi connectivity index (χ4v) is 7.87. The molecule has 0 unspecified atom stereocenters. The normalized spacial score (nSPS) is 12.6. The summed E-state index contributed by atoms with van der Waals surface area (Å²) in [4.78, 5) is 0. The molecule has 0 radical (unpaired) electrons. The van der Waals surface area contributed by atoms with Gasteiger partial charge in [0, 0.05) is 0 Å². The average molecular weight is 995 g/mol. The van der Waals surface area contributed by atoms with Crippen LogP contribution in [0.1, 0.15) is 44.5 Å². The minimum absolute atomic E-state index is 0.192. The van der Waals surface area contributed by atoms with E-state index < -0.39 is 139 Å². The molecule has 70 heavy (non-hydrogen) atoms. The second kappa shape index (κ2) is 17.0. The van der Waals surface area contributed by atoms with Crippen molar-refractivity contribution in [1.82, 2.24) is 0 Å². The van der Waals surface area contributed by atoms with Crippen LogP contribution in [0.15, 0.2) is 36.4 Å². The van der Waals surface area contributed by atoms with Crippen molar-refractivity contribution in [2.75, 3.05) is 0 Å². The van der Waals surface area contributed by atoms with E-state index in [2.05, 4.69) is 0 Å². The Morgan fingerprint density at radius 2 is 0.286 bits per heavy atom. The third-order valence-corrected chi connectivity index (χ3v) is 11.5. The van der Waals surface area contributed by atoms with E-state index in [-0.39, 0.29) is 43.8 Å². The molecular formula is C50H14F20. The smallest absolute Gasteiger partial charge is 0.200 e. The van der Waals surface area contributed by atoms with E-state index in [0.29, 0.717) is 45.8 Å². The van der Waals surface area contributed by atoms with Gasteiger partial charge in [0.2, 0.25) is 23.3 Å². The van der Waals surface area contributed by atoms with Crippen LogP contribution in [0.25, 0.3) is 91.7 Å². The maximum Gasteiger partial charge on any atom is 0.200 e. The quantitative estimate of drug-likeness (QED) is 0.0616. The monoisotopic (exact) mass is 994 g/mol. The SMILES string of the molecule is Fc1c(F)c(F)c(/C=C/c2cc3c(cc2/C=C/c2c(F)c(F)c(F)c(F)c2F)c2cc4c5cc(/C=C/c6c(F)c(F)c(F)c(F)c6F)c(/C=C/c6c(F)c(F)c(F)c(F)c6F)cc5c4cc32)c(F)c1F. The summed E-state index contributed by atoms with van der Waals surface area (Å²) in [6.07, 6.45) is 5.10. The topological polar surface area (TPSA) is 0 Å². The lowest BCUT2D eigenvalue weighted by Gasteiger charge is -2.20. The van der Waals surface area contributed by atoms with Crippen molar-refractivity contribution in [2.24, 2.45) is 0 Å². The van der Waals surface area contributed by atoms with Gasteiger partial charge in [0.05, 0.1) is 22.3 Å². The van der Waals surface area contributed by atoms with Gasteiger partial charge in [-0.3, -0.25) is 0 Å². The molecule has 9 aromatic carbocycles. The lowest BCUT2D eigenvalue weighted by Crippen LogP contribution is -2.04. The molecular weight excluding hydrogens is 981 g/mol. The number of rotatable bonds is 8. The van der Waals surface area contributed by atoms with E-state index in [1.165, 1.54) is 36.4 Å². The Bertz CT molecular complexity index is 3270. The van der Waals surface area contributed by atoms with Gasteiger partial charge in [0.1, 0.15) is 0 Å². The Labute approximate surface area is 376 Å². The van der Waals surface area contributed by atoms with Crippen molar-refractivity contribution < 1.29 is 87.8 Å². The molecule has 0 aliphatic heterocycles. The minimum atomic E-state index is -2.48. The van der Waals surface area contributed by atoms with Crippen LogP contribution in [0, 0.1) is 116 Å². The molecule has 0 saturated heterocycles. The summed E-state index contributed by atoms with van der Waals surface area (Å²) < 4.78 is 285. The molecule has 0 heterocycles. The first-order valence-corrected chi connectivity index (χ1v) is 19.4. The molecule has 9 rings (SSSR count). The third-order valence-electron chi connectivity index (χ3n) is 11.5. The second-order valence-electron chi connectivity index (χ2n) is 15.3. The maximum absolute atomic E-state index is 14.7. The Kier molecular flexibility index (Phi) is 11.4. The van der Waals surface area contributed by atoms with E-state index in [9.17, 15) is 87.8 Å². The predicted octanol–water partition coefficient (Wildman–Crippen LogP) is 16.6. The summed E-state index contributed by atoms with van der Waals surface area (Å²) in [5, 5.41) is 2.61. The van der Waals surface area contributed by atoms with Crippen LogP contribution < -0.4 is 0 Å². The van der Waals surface area contributed by atoms with E-state index in [0.717, 1.165) is 24.3 Å². The van der Waals surface area contributed by atoms with E-state index in [4.69, 9.17) is 0 Å². The van der Waals surface area contributed by atoms with Gasteiger partial charge in [-0.1, -0.05) is 24.3 Å². The summed E-state index contributed by atoms with van der Waals surface area (Å²) in [6, 6.07) is 8.09. The van der Waals surface area contributed by atoms with Crippen molar-refractivity contribution in [3.05, 3.63) is 197 Å². The molecule has 0 bridgehead atoms. The van der Waals surface area contributed by atoms with Gasteiger partial charge >= 0.3 is 0 Å². The van der Waals surface area contributed by atoms with Gasteiger partial charge in [0.25, 0.3) is 0 Å². The Balaban J connectivity index is 1.24. The van der Waals surface area contributed by atoms with Crippen molar-refractivity contribution in [3.63, 3.8) is 0 Å². The molecule has 0 amide bonds. The summed E-state index contributed by atoms with van der Waals surface area (Å²) in [7, 11) is 0. The van der Waals surface area contributed by atoms with Gasteiger partial charge in [-0.15, -0.1) is 0 Å². The van der Waals surface area contributed by atoms with Crippen molar-refractivity contribution in [2.45, 2.75) is 0 Å². The highest BCUT2D eigenvalue weighted by Gasteiger charge is 2.29. The van der Waals surface area contributed by atoms with Crippen LogP contribution in [-0.4, -0.2) is 0 Å². The van der Waals surface area contributed by atoms with Crippen LogP contribution in [0.5, 0.6) is 0 Å². The van der Waals surface area contributed by atoms with Crippen LogP contribution in [-0.2, 0) is 0 Å². The Morgan fingerprint density at radius 1 is 0.157 bits per heavy atom. The number of benzene rings is 7. The highest BCUT2D eigenvalue weighted by molar-refractivity contribution is 6.35. The van der Waals surface area contributed by atoms with Gasteiger partial charge < -0.3 is 0 Å². The Morgan fingerprint density at radius 3 is 0.443 bits per heavy atom. The number of halogens is 20. The van der Waals surface area contributed by atoms with Crippen molar-refractivity contribution in [3.8, 4) is 0 Å². The van der Waals surface area contributed by atoms with Crippen molar-refractivity contribution in [1.29, 1.82) is 0 Å². The highest BCUT2D eigenvalue weighted by atomic mass is 19.2. The molecule has 0 spiro atoms. The minimum Gasteiger partial charge on any atom is -0.203 e. The molecule has 9 aromatic rings. The van der Waals surface area contributed by atoms with Crippen LogP contribution in [0.2, 0.25) is 0 Å². The van der Waals surface area contributed by atoms with Crippen molar-refractivity contribution >= 4 is 91.7 Å². The molecule has 20 heteroatoms. The lowest BCUT2D eigenvalue weighted by molar-refractivity contribution is 0.377. The van der Waals surface area contributed by atoms with E-state index in [1.54, 1.807) is 0 Å². The Hall–Kier alpha value is -7.90.